The summed E-state index contributed by atoms with van der Waals surface area (Å²) in [6.07, 6.45) is 0. The standard InChI is InChI=1S/C66H44N4O.C2H6/c1-66(2)57-28-12-9-25-50(57)55-37-44(32-34-58(55)66)43-21-15-22-45(35-43)54-38-48(41-17-5-3-6-18-41)39-56-51-26-10-13-29-59(51)70(62(54)56)49-24-16-23-46(36-49)64-67-63(42-19-7-4-8-20-42)68-65(69-64)47-31-33-53-52-27-11-14-30-60(52)71-61(53)40-47;1-2/h3-40H,1-2H3;1-2H3. The summed E-state index contributed by atoms with van der Waals surface area (Å²) in [6, 6.07) is 82.4. The fourth-order valence-electron chi connectivity index (χ4n) is 11.1. The van der Waals surface area contributed by atoms with E-state index in [4.69, 9.17) is 19.4 Å². The Morgan fingerprint density at radius 2 is 0.904 bits per heavy atom. The first-order valence-corrected chi connectivity index (χ1v) is 25.2. The highest BCUT2D eigenvalue weighted by molar-refractivity contribution is 6.15. The van der Waals surface area contributed by atoms with Crippen LogP contribution in [0.5, 0.6) is 0 Å². The van der Waals surface area contributed by atoms with Crippen LogP contribution in [0.25, 0.3) is 128 Å². The lowest BCUT2D eigenvalue weighted by Crippen LogP contribution is -2.14. The third-order valence-electron chi connectivity index (χ3n) is 14.6. The van der Waals surface area contributed by atoms with Crippen LogP contribution in [-0.2, 0) is 5.41 Å². The molecule has 0 saturated carbocycles. The molecule has 0 fully saturated rings. The molecule has 0 radical (unpaired) electrons. The Kier molecular flexibility index (Phi) is 10.6. The van der Waals surface area contributed by atoms with Gasteiger partial charge in [-0.2, -0.15) is 0 Å². The molecule has 1 aliphatic carbocycles. The quantitative estimate of drug-likeness (QED) is 0.160. The first-order chi connectivity index (χ1) is 35.9. The van der Waals surface area contributed by atoms with Crippen molar-refractivity contribution >= 4 is 43.7 Å². The number of nitrogens with zero attached hydrogens (tertiary/aromatic N) is 4. The van der Waals surface area contributed by atoms with Crippen molar-refractivity contribution in [1.29, 1.82) is 0 Å². The number of hydrogen-bond acceptors (Lipinski definition) is 4. The minimum Gasteiger partial charge on any atom is -0.456 e. The lowest BCUT2D eigenvalue weighted by Gasteiger charge is -2.21. The van der Waals surface area contributed by atoms with Gasteiger partial charge in [-0.1, -0.05) is 198 Å². The maximum absolute atomic E-state index is 6.33. The van der Waals surface area contributed by atoms with Gasteiger partial charge in [0.2, 0.25) is 0 Å². The zero-order valence-electron chi connectivity index (χ0n) is 41.1. The van der Waals surface area contributed by atoms with Crippen LogP contribution in [0.1, 0.15) is 38.8 Å². The number of furan rings is 1. The smallest absolute Gasteiger partial charge is 0.164 e. The molecule has 348 valence electrons. The average Bonchev–Trinajstić information content (AvgIpc) is 4.09. The van der Waals surface area contributed by atoms with Gasteiger partial charge in [0, 0.05) is 54.9 Å². The molecule has 0 bridgehead atoms. The molecule has 5 heteroatoms. The molecule has 13 aromatic rings. The van der Waals surface area contributed by atoms with Crippen LogP contribution in [0.3, 0.4) is 0 Å². The van der Waals surface area contributed by atoms with Crippen molar-refractivity contribution in [3.63, 3.8) is 0 Å². The lowest BCUT2D eigenvalue weighted by molar-refractivity contribution is 0.660. The van der Waals surface area contributed by atoms with E-state index in [-0.39, 0.29) is 5.41 Å². The molecule has 0 unspecified atom stereocenters. The van der Waals surface area contributed by atoms with Gasteiger partial charge in [-0.15, -0.1) is 0 Å². The first kappa shape index (κ1) is 43.8. The highest BCUT2D eigenvalue weighted by atomic mass is 16.3. The minimum atomic E-state index is -0.0539. The van der Waals surface area contributed by atoms with Gasteiger partial charge in [-0.25, -0.2) is 15.0 Å². The number of para-hydroxylation sites is 2. The summed E-state index contributed by atoms with van der Waals surface area (Å²) in [5, 5.41) is 4.50. The van der Waals surface area contributed by atoms with Gasteiger partial charge in [-0.3, -0.25) is 0 Å². The third-order valence-corrected chi connectivity index (χ3v) is 14.6. The van der Waals surface area contributed by atoms with E-state index in [1.165, 1.54) is 55.3 Å². The van der Waals surface area contributed by atoms with Gasteiger partial charge in [-0.05, 0) is 111 Å². The number of fused-ring (bicyclic) bond motifs is 9. The van der Waals surface area contributed by atoms with Gasteiger partial charge in [0.05, 0.1) is 11.0 Å². The van der Waals surface area contributed by atoms with Gasteiger partial charge in [0.25, 0.3) is 0 Å². The summed E-state index contributed by atoms with van der Waals surface area (Å²) < 4.78 is 8.76. The normalized spacial score (nSPS) is 12.5. The Morgan fingerprint density at radius 1 is 0.342 bits per heavy atom. The van der Waals surface area contributed by atoms with Crippen molar-refractivity contribution in [2.75, 3.05) is 0 Å². The fraction of sp³-hybridized carbons (Fsp3) is 0.0735. The number of aromatic nitrogens is 4. The van der Waals surface area contributed by atoms with Gasteiger partial charge >= 0.3 is 0 Å². The molecular weight excluding hydrogens is 889 g/mol. The molecule has 0 amide bonds. The SMILES string of the molecule is CC.CC1(C)c2ccccc2-c2cc(-c3cccc(-c4cc(-c5ccccc5)cc5c6ccccc6n(-c6cccc(-c7nc(-c8ccccc8)nc(-c8ccc9c(c8)oc8ccccc89)n7)c6)c45)c3)ccc21. The van der Waals surface area contributed by atoms with E-state index >= 15 is 0 Å². The molecule has 0 saturated heterocycles. The second-order valence-corrected chi connectivity index (χ2v) is 19.2. The van der Waals surface area contributed by atoms with Crippen LogP contribution in [0.4, 0.5) is 0 Å². The monoisotopic (exact) mass is 938 g/mol. The minimum absolute atomic E-state index is 0.0539. The Balaban J connectivity index is 0.00000255. The van der Waals surface area contributed by atoms with E-state index in [9.17, 15) is 0 Å². The van der Waals surface area contributed by atoms with Crippen LogP contribution >= 0.6 is 0 Å². The maximum Gasteiger partial charge on any atom is 0.164 e. The number of rotatable bonds is 7. The Bertz CT molecular complexity index is 4260. The third kappa shape index (κ3) is 7.35. The number of hydrogen-bond donors (Lipinski definition) is 0. The molecule has 3 aromatic heterocycles. The zero-order valence-corrected chi connectivity index (χ0v) is 41.1. The highest BCUT2D eigenvalue weighted by Gasteiger charge is 2.35. The topological polar surface area (TPSA) is 56.7 Å². The summed E-state index contributed by atoms with van der Waals surface area (Å²) in [5.41, 5.74) is 19.9. The Hall–Kier alpha value is -9.19. The summed E-state index contributed by atoms with van der Waals surface area (Å²) in [7, 11) is 0. The predicted octanol–water partition coefficient (Wildman–Crippen LogP) is 18.2. The van der Waals surface area contributed by atoms with Crippen molar-refractivity contribution in [3.8, 4) is 84.4 Å². The summed E-state index contributed by atoms with van der Waals surface area (Å²) in [6.45, 7) is 8.68. The van der Waals surface area contributed by atoms with Crippen LogP contribution in [0.2, 0.25) is 0 Å². The van der Waals surface area contributed by atoms with Gasteiger partial charge in [0.1, 0.15) is 11.2 Å². The Labute approximate surface area is 424 Å². The van der Waals surface area contributed by atoms with Crippen LogP contribution in [-0.4, -0.2) is 19.5 Å². The molecule has 5 nitrogen and oxygen atoms in total. The van der Waals surface area contributed by atoms with Gasteiger partial charge < -0.3 is 8.98 Å². The molecule has 3 heterocycles. The van der Waals surface area contributed by atoms with E-state index in [0.717, 1.165) is 66.5 Å². The molecule has 0 N–H and O–H groups in total. The van der Waals surface area contributed by atoms with Crippen LogP contribution in [0.15, 0.2) is 235 Å². The lowest BCUT2D eigenvalue weighted by atomic mass is 9.82. The largest absolute Gasteiger partial charge is 0.456 e. The van der Waals surface area contributed by atoms with E-state index in [2.05, 4.69) is 194 Å². The molecular formula is C68H50N4O. The molecule has 10 aromatic carbocycles. The van der Waals surface area contributed by atoms with Crippen LogP contribution in [0, 0.1) is 0 Å². The summed E-state index contributed by atoms with van der Waals surface area (Å²) >= 11 is 0. The number of benzene rings is 10. The molecule has 1 aliphatic rings. The molecule has 73 heavy (non-hydrogen) atoms. The molecule has 0 aliphatic heterocycles. The van der Waals surface area contributed by atoms with E-state index in [1.54, 1.807) is 0 Å². The van der Waals surface area contributed by atoms with Crippen molar-refractivity contribution in [2.24, 2.45) is 0 Å². The first-order valence-electron chi connectivity index (χ1n) is 25.2. The fourth-order valence-corrected chi connectivity index (χ4v) is 11.1. The predicted molar refractivity (Wildman–Crippen MR) is 303 cm³/mol. The Morgan fingerprint density at radius 3 is 1.71 bits per heavy atom. The second kappa shape index (κ2) is 17.6. The second-order valence-electron chi connectivity index (χ2n) is 19.2. The van der Waals surface area contributed by atoms with E-state index in [0.29, 0.717) is 17.5 Å². The van der Waals surface area contributed by atoms with Crippen molar-refractivity contribution in [3.05, 3.63) is 242 Å². The highest BCUT2D eigenvalue weighted by Crippen LogP contribution is 2.50. The average molecular weight is 939 g/mol. The van der Waals surface area contributed by atoms with Crippen molar-refractivity contribution in [2.45, 2.75) is 33.1 Å². The molecule has 14 rings (SSSR count). The summed E-state index contributed by atoms with van der Waals surface area (Å²) in [5.74, 6) is 1.76. The van der Waals surface area contributed by atoms with Gasteiger partial charge in [0.15, 0.2) is 17.5 Å². The van der Waals surface area contributed by atoms with Crippen molar-refractivity contribution < 1.29 is 4.42 Å². The zero-order chi connectivity index (χ0) is 49.2. The van der Waals surface area contributed by atoms with Crippen LogP contribution < -0.4 is 0 Å². The van der Waals surface area contributed by atoms with E-state index in [1.807, 2.05) is 68.4 Å². The van der Waals surface area contributed by atoms with Crippen molar-refractivity contribution in [1.82, 2.24) is 19.5 Å². The maximum atomic E-state index is 6.33. The molecule has 0 spiro atoms. The molecule has 0 atom stereocenters. The summed E-state index contributed by atoms with van der Waals surface area (Å²) in [4.78, 5) is 15.5. The van der Waals surface area contributed by atoms with E-state index < -0.39 is 0 Å².